The van der Waals surface area contributed by atoms with E-state index in [1.807, 2.05) is 20.8 Å². The van der Waals surface area contributed by atoms with Crippen LogP contribution >= 0.6 is 12.4 Å². The molecule has 1 rings (SSSR count). The maximum absolute atomic E-state index is 10.5. The van der Waals surface area contributed by atoms with Crippen LogP contribution in [0.1, 0.15) is 26.3 Å². The van der Waals surface area contributed by atoms with Crippen LogP contribution < -0.4 is 5.43 Å². The number of hydrazone groups is 1. The summed E-state index contributed by atoms with van der Waals surface area (Å²) >= 11 is 0. The number of halogens is 1. The van der Waals surface area contributed by atoms with E-state index < -0.39 is 4.92 Å². The van der Waals surface area contributed by atoms with Gasteiger partial charge in [0.2, 0.25) is 0 Å². The highest BCUT2D eigenvalue weighted by Gasteiger charge is 2.06. The summed E-state index contributed by atoms with van der Waals surface area (Å²) in [6.07, 6.45) is 1.57. The number of nitrogens with one attached hydrogen (secondary N) is 1. The summed E-state index contributed by atoms with van der Waals surface area (Å²) in [4.78, 5) is 10.1. The van der Waals surface area contributed by atoms with Crippen molar-refractivity contribution in [2.75, 3.05) is 0 Å². The van der Waals surface area contributed by atoms with Crippen LogP contribution in [0.25, 0.3) is 0 Å². The second kappa shape index (κ2) is 6.20. The predicted octanol–water partition coefficient (Wildman–Crippen LogP) is 2.74. The number of nitrogens with zero attached hydrogens (tertiary/aromatic N) is 2. The molecule has 0 bridgehead atoms. The normalized spacial score (nSPS) is 11.0. The number of benzene rings is 1. The van der Waals surface area contributed by atoms with Crippen LogP contribution in [0.2, 0.25) is 0 Å². The average molecular weight is 258 g/mol. The largest absolute Gasteiger partial charge is 0.305 e. The van der Waals surface area contributed by atoms with E-state index in [9.17, 15) is 10.1 Å². The third-order valence-corrected chi connectivity index (χ3v) is 1.69. The summed E-state index contributed by atoms with van der Waals surface area (Å²) in [6.45, 7) is 5.95. The zero-order valence-electron chi connectivity index (χ0n) is 10.0. The highest BCUT2D eigenvalue weighted by atomic mass is 35.5. The van der Waals surface area contributed by atoms with Crippen LogP contribution in [0, 0.1) is 10.1 Å². The van der Waals surface area contributed by atoms with Gasteiger partial charge in [-0.3, -0.25) is 10.1 Å². The number of non-ortho nitro benzene ring substituents is 1. The first-order valence-electron chi connectivity index (χ1n) is 4.93. The minimum atomic E-state index is -0.422. The van der Waals surface area contributed by atoms with Gasteiger partial charge in [0.1, 0.15) is 0 Å². The lowest BCUT2D eigenvalue weighted by Crippen LogP contribution is -2.31. The number of hydrogen-bond donors (Lipinski definition) is 1. The Kier molecular flexibility index (Phi) is 5.61. The van der Waals surface area contributed by atoms with Gasteiger partial charge < -0.3 is 5.43 Å². The molecule has 6 heteroatoms. The Hall–Kier alpha value is -1.62. The standard InChI is InChI=1S/C11H15N3O2.ClH/c1-11(2,3)13-12-8-9-5-4-6-10(7-9)14(15)16;/h4-8,13H,1-3H3;1H. The van der Waals surface area contributed by atoms with Gasteiger partial charge in [-0.25, -0.2) is 0 Å². The van der Waals surface area contributed by atoms with Gasteiger partial charge in [-0.15, -0.1) is 12.4 Å². The Bertz CT molecular complexity index is 413. The fourth-order valence-electron chi connectivity index (χ4n) is 1.02. The quantitative estimate of drug-likeness (QED) is 0.514. The Morgan fingerprint density at radius 3 is 2.59 bits per heavy atom. The summed E-state index contributed by atoms with van der Waals surface area (Å²) in [5.41, 5.74) is 3.57. The van der Waals surface area contributed by atoms with Crippen molar-refractivity contribution in [3.63, 3.8) is 0 Å². The molecule has 0 heterocycles. The van der Waals surface area contributed by atoms with Gasteiger partial charge in [0.15, 0.2) is 0 Å². The molecule has 0 atom stereocenters. The molecule has 94 valence electrons. The summed E-state index contributed by atoms with van der Waals surface area (Å²) in [6, 6.07) is 6.33. The Morgan fingerprint density at radius 1 is 1.41 bits per heavy atom. The van der Waals surface area contributed by atoms with E-state index in [1.165, 1.54) is 12.1 Å². The van der Waals surface area contributed by atoms with Gasteiger partial charge in [0.05, 0.1) is 11.1 Å². The van der Waals surface area contributed by atoms with Gasteiger partial charge in [-0.2, -0.15) is 5.10 Å². The van der Waals surface area contributed by atoms with E-state index in [0.717, 1.165) is 0 Å². The molecule has 0 amide bonds. The van der Waals surface area contributed by atoms with E-state index in [4.69, 9.17) is 0 Å². The molecule has 0 saturated carbocycles. The van der Waals surface area contributed by atoms with Crippen molar-refractivity contribution >= 4 is 24.3 Å². The lowest BCUT2D eigenvalue weighted by atomic mass is 10.1. The fourth-order valence-corrected chi connectivity index (χ4v) is 1.02. The summed E-state index contributed by atoms with van der Waals surface area (Å²) in [5, 5.41) is 14.5. The van der Waals surface area contributed by atoms with E-state index in [2.05, 4.69) is 10.5 Å². The molecule has 1 aromatic carbocycles. The van der Waals surface area contributed by atoms with Crippen LogP contribution in [0.3, 0.4) is 0 Å². The van der Waals surface area contributed by atoms with E-state index in [0.29, 0.717) is 5.56 Å². The monoisotopic (exact) mass is 257 g/mol. The van der Waals surface area contributed by atoms with Crippen LogP contribution in [-0.4, -0.2) is 16.7 Å². The number of rotatable bonds is 3. The van der Waals surface area contributed by atoms with Gasteiger partial charge in [-0.05, 0) is 20.8 Å². The van der Waals surface area contributed by atoms with Gasteiger partial charge in [0, 0.05) is 23.2 Å². The Labute approximate surface area is 106 Å². The van der Waals surface area contributed by atoms with E-state index >= 15 is 0 Å². The molecular weight excluding hydrogens is 242 g/mol. The third-order valence-electron chi connectivity index (χ3n) is 1.69. The summed E-state index contributed by atoms with van der Waals surface area (Å²) in [5.74, 6) is 0. The second-order valence-corrected chi connectivity index (χ2v) is 4.47. The molecule has 0 radical (unpaired) electrons. The molecule has 0 aliphatic heterocycles. The molecule has 1 N–H and O–H groups in total. The summed E-state index contributed by atoms with van der Waals surface area (Å²) < 4.78 is 0. The molecule has 1 aromatic rings. The average Bonchev–Trinajstić information content (AvgIpc) is 2.16. The lowest BCUT2D eigenvalue weighted by molar-refractivity contribution is -0.384. The van der Waals surface area contributed by atoms with Gasteiger partial charge >= 0.3 is 0 Å². The Balaban J connectivity index is 0.00000256. The second-order valence-electron chi connectivity index (χ2n) is 4.47. The zero-order valence-corrected chi connectivity index (χ0v) is 10.8. The number of nitro benzene ring substituents is 1. The van der Waals surface area contributed by atoms with Crippen molar-refractivity contribution < 1.29 is 4.92 Å². The first-order valence-corrected chi connectivity index (χ1v) is 4.93. The van der Waals surface area contributed by atoms with Crippen molar-refractivity contribution in [1.29, 1.82) is 0 Å². The first-order chi connectivity index (χ1) is 7.38. The van der Waals surface area contributed by atoms with Crippen molar-refractivity contribution in [3.05, 3.63) is 39.9 Å². The van der Waals surface area contributed by atoms with E-state index in [1.54, 1.807) is 18.3 Å². The fraction of sp³-hybridized carbons (Fsp3) is 0.364. The first kappa shape index (κ1) is 15.4. The topological polar surface area (TPSA) is 67.5 Å². The van der Waals surface area contributed by atoms with Crippen molar-refractivity contribution in [2.45, 2.75) is 26.3 Å². The third kappa shape index (κ3) is 5.87. The molecule has 0 aliphatic rings. The number of hydrogen-bond acceptors (Lipinski definition) is 4. The van der Waals surface area contributed by atoms with Crippen molar-refractivity contribution in [2.24, 2.45) is 5.10 Å². The highest BCUT2D eigenvalue weighted by molar-refractivity contribution is 5.85. The molecular formula is C11H16ClN3O2. The molecule has 0 aromatic heterocycles. The molecule has 0 fully saturated rings. The summed E-state index contributed by atoms with van der Waals surface area (Å²) in [7, 11) is 0. The Morgan fingerprint density at radius 2 is 2.06 bits per heavy atom. The van der Waals surface area contributed by atoms with Crippen LogP contribution in [-0.2, 0) is 0 Å². The maximum atomic E-state index is 10.5. The maximum Gasteiger partial charge on any atom is 0.270 e. The van der Waals surface area contributed by atoms with Crippen molar-refractivity contribution in [3.8, 4) is 0 Å². The van der Waals surface area contributed by atoms with Crippen molar-refractivity contribution in [1.82, 2.24) is 5.43 Å². The molecule has 0 saturated heterocycles. The SMILES string of the molecule is CC(C)(C)NN=Cc1cccc([N+](=O)[O-])c1.Cl. The van der Waals surface area contributed by atoms with Crippen LogP contribution in [0.15, 0.2) is 29.4 Å². The molecule has 0 spiro atoms. The minimum absolute atomic E-state index is 0. The smallest absolute Gasteiger partial charge is 0.270 e. The van der Waals surface area contributed by atoms with E-state index in [-0.39, 0.29) is 23.6 Å². The van der Waals surface area contributed by atoms with Crippen LogP contribution in [0.5, 0.6) is 0 Å². The highest BCUT2D eigenvalue weighted by Crippen LogP contribution is 2.11. The van der Waals surface area contributed by atoms with Gasteiger partial charge in [-0.1, -0.05) is 12.1 Å². The molecule has 17 heavy (non-hydrogen) atoms. The lowest BCUT2D eigenvalue weighted by Gasteiger charge is -2.16. The predicted molar refractivity (Wildman–Crippen MR) is 70.8 cm³/mol. The molecule has 0 unspecified atom stereocenters. The van der Waals surface area contributed by atoms with Gasteiger partial charge in [0.25, 0.3) is 5.69 Å². The molecule has 0 aliphatic carbocycles. The zero-order chi connectivity index (χ0) is 12.2. The minimum Gasteiger partial charge on any atom is -0.305 e. The van der Waals surface area contributed by atoms with Crippen LogP contribution in [0.4, 0.5) is 5.69 Å². The molecule has 5 nitrogen and oxygen atoms in total. The number of nitro groups is 1.